The van der Waals surface area contributed by atoms with E-state index in [0.717, 1.165) is 18.4 Å². The molecule has 0 aliphatic rings. The fourth-order valence-electron chi connectivity index (χ4n) is 0.653. The first-order valence-electron chi connectivity index (χ1n) is 3.14. The number of halogens is 2. The Morgan fingerprint density at radius 2 is 2.10 bits per heavy atom. The zero-order valence-electron chi connectivity index (χ0n) is 6.08. The van der Waals surface area contributed by atoms with Gasteiger partial charge in [0, 0.05) is 0 Å². The van der Waals surface area contributed by atoms with Crippen molar-refractivity contribution < 1.29 is 4.79 Å². The number of hydrogen-bond acceptors (Lipinski definition) is 1. The molecule has 0 aliphatic heterocycles. The molecule has 0 saturated carbocycles. The van der Waals surface area contributed by atoms with Crippen LogP contribution in [0.25, 0.3) is 0 Å². The Balaban J connectivity index is 4.19. The first-order chi connectivity index (χ1) is 4.59. The third kappa shape index (κ3) is 3.37. The predicted octanol–water partition coefficient (Wildman–Crippen LogP) is 3.22. The number of carbonyl (C=O) groups excluding carboxylic acids is 1. The summed E-state index contributed by atoms with van der Waals surface area (Å²) in [6.45, 7) is 3.95. The lowest BCUT2D eigenvalue weighted by Crippen LogP contribution is -1.89. The molecule has 0 bridgehead atoms. The summed E-state index contributed by atoms with van der Waals surface area (Å²) in [6, 6.07) is 0. The van der Waals surface area contributed by atoms with Crippen molar-refractivity contribution >= 4 is 32.8 Å². The van der Waals surface area contributed by atoms with Gasteiger partial charge in [-0.25, -0.2) is 0 Å². The zero-order chi connectivity index (χ0) is 8.15. The molecule has 10 heavy (non-hydrogen) atoms. The highest BCUT2D eigenvalue weighted by Gasteiger charge is 2.04. The van der Waals surface area contributed by atoms with Gasteiger partial charge in [0.25, 0.3) is 5.24 Å². The van der Waals surface area contributed by atoms with E-state index in [1.807, 2.05) is 6.92 Å². The average Bonchev–Trinajstić information content (AvgIpc) is 1.87. The van der Waals surface area contributed by atoms with Crippen molar-refractivity contribution in [2.75, 3.05) is 0 Å². The van der Waals surface area contributed by atoms with E-state index < -0.39 is 5.24 Å². The minimum Gasteiger partial charge on any atom is -0.275 e. The van der Waals surface area contributed by atoms with E-state index in [1.165, 1.54) is 0 Å². The Hall–Kier alpha value is 0.180. The minimum atomic E-state index is -0.411. The van der Waals surface area contributed by atoms with Crippen LogP contribution in [0.15, 0.2) is 10.1 Å². The lowest BCUT2D eigenvalue weighted by atomic mass is 10.2. The quantitative estimate of drug-likeness (QED) is 0.532. The molecule has 0 atom stereocenters. The monoisotopic (exact) mass is 224 g/mol. The van der Waals surface area contributed by atoms with Crippen LogP contribution >= 0.6 is 27.5 Å². The normalized spacial score (nSPS) is 12.8. The van der Waals surface area contributed by atoms with Crippen LogP contribution in [0.3, 0.4) is 0 Å². The van der Waals surface area contributed by atoms with E-state index in [-0.39, 0.29) is 0 Å². The molecule has 0 amide bonds. The average molecular weight is 226 g/mol. The highest BCUT2D eigenvalue weighted by Crippen LogP contribution is 2.18. The predicted molar refractivity (Wildman–Crippen MR) is 47.4 cm³/mol. The fourth-order valence-corrected chi connectivity index (χ4v) is 1.01. The van der Waals surface area contributed by atoms with Gasteiger partial charge < -0.3 is 0 Å². The molecule has 3 heteroatoms. The number of carbonyl (C=O) groups is 1. The van der Waals surface area contributed by atoms with Gasteiger partial charge in [-0.3, -0.25) is 4.79 Å². The van der Waals surface area contributed by atoms with Crippen molar-refractivity contribution in [2.45, 2.75) is 26.7 Å². The lowest BCUT2D eigenvalue weighted by molar-refractivity contribution is -0.107. The van der Waals surface area contributed by atoms with Crippen LogP contribution < -0.4 is 0 Å². The van der Waals surface area contributed by atoms with Crippen LogP contribution in [0.2, 0.25) is 0 Å². The Morgan fingerprint density at radius 1 is 1.60 bits per heavy atom. The smallest absolute Gasteiger partial charge is 0.259 e. The molecule has 0 heterocycles. The summed E-state index contributed by atoms with van der Waals surface area (Å²) in [6.07, 6.45) is 1.95. The first-order valence-corrected chi connectivity index (χ1v) is 4.31. The maximum atomic E-state index is 10.5. The maximum absolute atomic E-state index is 10.5. The van der Waals surface area contributed by atoms with Crippen molar-refractivity contribution in [2.24, 2.45) is 0 Å². The van der Waals surface area contributed by atoms with E-state index in [0.29, 0.717) is 4.48 Å². The Bertz CT molecular complexity index is 163. The molecule has 0 unspecified atom stereocenters. The molecule has 0 saturated heterocycles. The second-order valence-electron chi connectivity index (χ2n) is 2.12. The van der Waals surface area contributed by atoms with Crippen molar-refractivity contribution in [3.63, 3.8) is 0 Å². The number of hydrogen-bond donors (Lipinski definition) is 0. The summed E-state index contributed by atoms with van der Waals surface area (Å²) >= 11 is 8.32. The van der Waals surface area contributed by atoms with Crippen LogP contribution in [0, 0.1) is 0 Å². The molecule has 0 aromatic rings. The number of allylic oxidation sites excluding steroid dienone is 2. The summed E-state index contributed by atoms with van der Waals surface area (Å²) < 4.78 is 0.510. The van der Waals surface area contributed by atoms with Gasteiger partial charge in [0.1, 0.15) is 0 Å². The third-order valence-electron chi connectivity index (χ3n) is 1.17. The molecule has 0 N–H and O–H groups in total. The minimum absolute atomic E-state index is 0.411. The molecule has 0 aromatic carbocycles. The van der Waals surface area contributed by atoms with Gasteiger partial charge in [-0.15, -0.1) is 0 Å². The molecular weight excluding hydrogens is 215 g/mol. The summed E-state index contributed by atoms with van der Waals surface area (Å²) in [5.74, 6) is 0. The van der Waals surface area contributed by atoms with Crippen molar-refractivity contribution in [3.8, 4) is 0 Å². The van der Waals surface area contributed by atoms with Gasteiger partial charge in [-0.1, -0.05) is 18.9 Å². The van der Waals surface area contributed by atoms with Crippen molar-refractivity contribution in [1.29, 1.82) is 0 Å². The van der Waals surface area contributed by atoms with Gasteiger partial charge in [-0.2, -0.15) is 0 Å². The number of rotatable bonds is 3. The standard InChI is InChI=1S/C7H10BrClO/c1-3-4-5(2)6(8)7(9)10/h3-4H2,1-2H3/b6-5-. The van der Waals surface area contributed by atoms with Crippen LogP contribution in [0.5, 0.6) is 0 Å². The van der Waals surface area contributed by atoms with Crippen LogP contribution in [-0.2, 0) is 4.79 Å². The van der Waals surface area contributed by atoms with E-state index in [9.17, 15) is 4.79 Å². The largest absolute Gasteiger partial charge is 0.275 e. The van der Waals surface area contributed by atoms with Gasteiger partial charge in [0.05, 0.1) is 4.48 Å². The summed E-state index contributed by atoms with van der Waals surface area (Å²) in [5.41, 5.74) is 1.02. The first kappa shape index (κ1) is 10.2. The zero-order valence-corrected chi connectivity index (χ0v) is 8.42. The lowest BCUT2D eigenvalue weighted by Gasteiger charge is -1.98. The molecule has 58 valence electrons. The van der Waals surface area contributed by atoms with Gasteiger partial charge in [-0.05, 0) is 40.9 Å². The van der Waals surface area contributed by atoms with Gasteiger partial charge in [0.2, 0.25) is 0 Å². The van der Waals surface area contributed by atoms with Gasteiger partial charge in [0.15, 0.2) is 0 Å². The third-order valence-corrected chi connectivity index (χ3v) is 2.63. The Kier molecular flexibility index (Phi) is 5.00. The van der Waals surface area contributed by atoms with Crippen LogP contribution in [-0.4, -0.2) is 5.24 Å². The second kappa shape index (κ2) is 4.91. The van der Waals surface area contributed by atoms with Crippen molar-refractivity contribution in [3.05, 3.63) is 10.1 Å². The van der Waals surface area contributed by atoms with E-state index in [1.54, 1.807) is 0 Å². The maximum Gasteiger partial charge on any atom is 0.259 e. The molecule has 0 spiro atoms. The van der Waals surface area contributed by atoms with Crippen molar-refractivity contribution in [1.82, 2.24) is 0 Å². The molecule has 0 rings (SSSR count). The second-order valence-corrected chi connectivity index (χ2v) is 3.25. The highest BCUT2D eigenvalue weighted by molar-refractivity contribution is 9.12. The Morgan fingerprint density at radius 3 is 2.40 bits per heavy atom. The Labute approximate surface area is 74.6 Å². The molecule has 1 nitrogen and oxygen atoms in total. The molecule has 0 radical (unpaired) electrons. The topological polar surface area (TPSA) is 17.1 Å². The van der Waals surface area contributed by atoms with E-state index in [2.05, 4.69) is 22.9 Å². The van der Waals surface area contributed by atoms with Crippen LogP contribution in [0.1, 0.15) is 26.7 Å². The molecule has 0 aromatic heterocycles. The summed E-state index contributed by atoms with van der Waals surface area (Å²) in [7, 11) is 0. The highest BCUT2D eigenvalue weighted by atomic mass is 79.9. The summed E-state index contributed by atoms with van der Waals surface area (Å²) in [5, 5.41) is -0.411. The molecular formula is C7H10BrClO. The summed E-state index contributed by atoms with van der Waals surface area (Å²) in [4.78, 5) is 10.5. The van der Waals surface area contributed by atoms with E-state index in [4.69, 9.17) is 11.6 Å². The fraction of sp³-hybridized carbons (Fsp3) is 0.571. The SMILES string of the molecule is CCC/C(C)=C(\Br)C(=O)Cl. The molecule has 0 aliphatic carbocycles. The van der Waals surface area contributed by atoms with Crippen LogP contribution in [0.4, 0.5) is 0 Å². The van der Waals surface area contributed by atoms with E-state index >= 15 is 0 Å². The molecule has 0 fully saturated rings. The van der Waals surface area contributed by atoms with Gasteiger partial charge >= 0.3 is 0 Å².